The van der Waals surface area contributed by atoms with Gasteiger partial charge in [-0.3, -0.25) is 9.69 Å². The molecule has 0 atom stereocenters. The predicted molar refractivity (Wildman–Crippen MR) is 123 cm³/mol. The van der Waals surface area contributed by atoms with Crippen LogP contribution in [0.5, 0.6) is 5.75 Å². The first-order valence-electron chi connectivity index (χ1n) is 11.9. The molecule has 168 valence electrons. The Labute approximate surface area is 182 Å². The van der Waals surface area contributed by atoms with Gasteiger partial charge in [0.2, 0.25) is 5.91 Å². The molecular formula is C24H40N4O2. The van der Waals surface area contributed by atoms with Gasteiger partial charge in [-0.05, 0) is 76.6 Å². The van der Waals surface area contributed by atoms with Crippen molar-refractivity contribution in [2.24, 2.45) is 11.7 Å². The Morgan fingerprint density at radius 2 is 1.93 bits per heavy atom. The zero-order valence-electron chi connectivity index (χ0n) is 18.7. The molecule has 0 bridgehead atoms. The van der Waals surface area contributed by atoms with Gasteiger partial charge in [-0.1, -0.05) is 6.07 Å². The van der Waals surface area contributed by atoms with Crippen molar-refractivity contribution in [3.63, 3.8) is 0 Å². The van der Waals surface area contributed by atoms with E-state index in [1.54, 1.807) is 0 Å². The summed E-state index contributed by atoms with van der Waals surface area (Å²) < 4.78 is 5.64. The topological polar surface area (TPSA) is 70.8 Å². The number of carbonyl (C=O) groups is 1. The molecule has 2 aliphatic rings. The van der Waals surface area contributed by atoms with E-state index >= 15 is 0 Å². The molecule has 30 heavy (non-hydrogen) atoms. The molecule has 1 aromatic carbocycles. The summed E-state index contributed by atoms with van der Waals surface area (Å²) in [5, 5.41) is 3.19. The van der Waals surface area contributed by atoms with Gasteiger partial charge >= 0.3 is 0 Å². The summed E-state index contributed by atoms with van der Waals surface area (Å²) >= 11 is 0. The van der Waals surface area contributed by atoms with Crippen LogP contribution in [0.15, 0.2) is 24.3 Å². The van der Waals surface area contributed by atoms with Crippen LogP contribution in [0.4, 0.5) is 5.69 Å². The van der Waals surface area contributed by atoms with Crippen LogP contribution in [0.3, 0.4) is 0 Å². The van der Waals surface area contributed by atoms with E-state index in [2.05, 4.69) is 33.3 Å². The van der Waals surface area contributed by atoms with Crippen molar-refractivity contribution in [2.45, 2.75) is 57.9 Å². The van der Waals surface area contributed by atoms with Gasteiger partial charge in [0.25, 0.3) is 0 Å². The Hall–Kier alpha value is -1.79. The molecule has 1 aromatic rings. The molecule has 1 saturated heterocycles. The first kappa shape index (κ1) is 22.9. The van der Waals surface area contributed by atoms with Crippen LogP contribution in [0.1, 0.15) is 51.9 Å². The smallest absolute Gasteiger partial charge is 0.220 e. The third kappa shape index (κ3) is 7.17. The Morgan fingerprint density at radius 1 is 1.17 bits per heavy atom. The maximum absolute atomic E-state index is 11.9. The predicted octanol–water partition coefficient (Wildman–Crippen LogP) is 3.01. The number of hydrogen-bond donors (Lipinski definition) is 2. The molecule has 0 aromatic heterocycles. The zero-order valence-corrected chi connectivity index (χ0v) is 18.7. The molecule has 0 radical (unpaired) electrons. The summed E-state index contributed by atoms with van der Waals surface area (Å²) in [6.07, 6.45) is 7.38. The lowest BCUT2D eigenvalue weighted by Gasteiger charge is -2.37. The molecule has 0 unspecified atom stereocenters. The van der Waals surface area contributed by atoms with Gasteiger partial charge in [-0.25, -0.2) is 0 Å². The number of piperazine rings is 1. The maximum Gasteiger partial charge on any atom is 0.220 e. The Morgan fingerprint density at radius 3 is 2.63 bits per heavy atom. The first-order chi connectivity index (χ1) is 14.7. The molecule has 3 N–H and O–H groups in total. The molecule has 1 aliphatic heterocycles. The molecule has 1 heterocycles. The highest BCUT2D eigenvalue weighted by molar-refractivity contribution is 5.76. The minimum atomic E-state index is 0.175. The average molecular weight is 417 g/mol. The van der Waals surface area contributed by atoms with Crippen LogP contribution in [0.2, 0.25) is 0 Å². The first-order valence-corrected chi connectivity index (χ1v) is 11.9. The number of nitrogens with zero attached hydrogens (tertiary/aromatic N) is 2. The molecular weight excluding hydrogens is 376 g/mol. The molecule has 3 rings (SSSR count). The van der Waals surface area contributed by atoms with Gasteiger partial charge < -0.3 is 20.7 Å². The average Bonchev–Trinajstić information content (AvgIpc) is 2.78. The SMILES string of the molecule is CCOc1cccc(N2CCN(CC[C@H]3CC[C@H](NC(=O)CCCN)CC3)CC2)c1. The van der Waals surface area contributed by atoms with E-state index in [1.165, 1.54) is 31.5 Å². The normalized spacial score (nSPS) is 22.7. The van der Waals surface area contributed by atoms with Crippen LogP contribution in [-0.4, -0.2) is 62.7 Å². The van der Waals surface area contributed by atoms with Crippen molar-refractivity contribution >= 4 is 11.6 Å². The van der Waals surface area contributed by atoms with Gasteiger partial charge in [0.05, 0.1) is 6.61 Å². The number of carbonyl (C=O) groups excluding carboxylic acids is 1. The number of benzene rings is 1. The number of ether oxygens (including phenoxy) is 1. The van der Waals surface area contributed by atoms with E-state index in [9.17, 15) is 4.79 Å². The van der Waals surface area contributed by atoms with Crippen molar-refractivity contribution in [1.82, 2.24) is 10.2 Å². The van der Waals surface area contributed by atoms with Crippen LogP contribution < -0.4 is 20.7 Å². The number of nitrogens with one attached hydrogen (secondary N) is 1. The maximum atomic E-state index is 11.9. The van der Waals surface area contributed by atoms with Gasteiger partial charge in [-0.15, -0.1) is 0 Å². The van der Waals surface area contributed by atoms with Gasteiger partial charge in [0.15, 0.2) is 0 Å². The van der Waals surface area contributed by atoms with Crippen molar-refractivity contribution in [2.75, 3.05) is 50.8 Å². The van der Waals surface area contributed by atoms with Crippen LogP contribution >= 0.6 is 0 Å². The Balaban J connectivity index is 1.32. The molecule has 0 spiro atoms. The molecule has 1 aliphatic carbocycles. The zero-order chi connectivity index (χ0) is 21.2. The quantitative estimate of drug-likeness (QED) is 0.614. The fraction of sp³-hybridized carbons (Fsp3) is 0.708. The highest BCUT2D eigenvalue weighted by atomic mass is 16.5. The second kappa shape index (κ2) is 12.2. The van der Waals surface area contributed by atoms with Crippen molar-refractivity contribution in [3.05, 3.63) is 24.3 Å². The third-order valence-electron chi connectivity index (χ3n) is 6.54. The largest absolute Gasteiger partial charge is 0.494 e. The second-order valence-corrected chi connectivity index (χ2v) is 8.73. The van der Waals surface area contributed by atoms with Crippen LogP contribution in [0, 0.1) is 5.92 Å². The number of amides is 1. The lowest BCUT2D eigenvalue weighted by Crippen LogP contribution is -2.47. The van der Waals surface area contributed by atoms with E-state index < -0.39 is 0 Å². The molecule has 1 saturated carbocycles. The summed E-state index contributed by atoms with van der Waals surface area (Å²) in [6, 6.07) is 8.84. The molecule has 1 amide bonds. The number of rotatable bonds is 10. The highest BCUT2D eigenvalue weighted by Crippen LogP contribution is 2.28. The van der Waals surface area contributed by atoms with Crippen LogP contribution in [0.25, 0.3) is 0 Å². The van der Waals surface area contributed by atoms with E-state index in [-0.39, 0.29) is 5.91 Å². The van der Waals surface area contributed by atoms with Gasteiger partial charge in [-0.2, -0.15) is 0 Å². The third-order valence-corrected chi connectivity index (χ3v) is 6.54. The van der Waals surface area contributed by atoms with E-state index in [0.29, 0.717) is 25.6 Å². The molecule has 6 heteroatoms. The van der Waals surface area contributed by atoms with Crippen LogP contribution in [-0.2, 0) is 4.79 Å². The summed E-state index contributed by atoms with van der Waals surface area (Å²) in [4.78, 5) is 17.0. The monoisotopic (exact) mass is 416 g/mol. The standard InChI is InChI=1S/C24H40N4O2/c1-2-30-23-6-3-5-22(19-23)28-17-15-27(16-18-28)14-12-20-8-10-21(11-9-20)26-24(29)7-4-13-25/h3,5-6,19-21H,2,4,7-18,25H2,1H3,(H,26,29)/t20-,21-. The van der Waals surface area contributed by atoms with Gasteiger partial charge in [0.1, 0.15) is 5.75 Å². The highest BCUT2D eigenvalue weighted by Gasteiger charge is 2.24. The minimum Gasteiger partial charge on any atom is -0.494 e. The van der Waals surface area contributed by atoms with E-state index in [4.69, 9.17) is 10.5 Å². The number of nitrogens with two attached hydrogens (primary N) is 1. The summed E-state index contributed by atoms with van der Waals surface area (Å²) in [5.74, 6) is 1.94. The van der Waals surface area contributed by atoms with Crippen molar-refractivity contribution < 1.29 is 9.53 Å². The summed E-state index contributed by atoms with van der Waals surface area (Å²) in [5.41, 5.74) is 6.76. The Kier molecular flexibility index (Phi) is 9.27. The van der Waals surface area contributed by atoms with E-state index in [0.717, 1.165) is 57.1 Å². The fourth-order valence-electron chi connectivity index (χ4n) is 4.69. The fourth-order valence-corrected chi connectivity index (χ4v) is 4.69. The van der Waals surface area contributed by atoms with Crippen molar-refractivity contribution in [3.8, 4) is 5.75 Å². The second-order valence-electron chi connectivity index (χ2n) is 8.73. The lowest BCUT2D eigenvalue weighted by molar-refractivity contribution is -0.122. The molecule has 2 fully saturated rings. The van der Waals surface area contributed by atoms with Gasteiger partial charge in [0, 0.05) is 50.4 Å². The van der Waals surface area contributed by atoms with E-state index in [1.807, 2.05) is 13.0 Å². The number of hydrogen-bond acceptors (Lipinski definition) is 5. The van der Waals surface area contributed by atoms with Crippen molar-refractivity contribution in [1.29, 1.82) is 0 Å². The summed E-state index contributed by atoms with van der Waals surface area (Å²) in [6.45, 7) is 8.95. The minimum absolute atomic E-state index is 0.175. The summed E-state index contributed by atoms with van der Waals surface area (Å²) in [7, 11) is 0. The lowest BCUT2D eigenvalue weighted by atomic mass is 9.84. The Bertz CT molecular complexity index is 638. The number of anilines is 1. The molecule has 6 nitrogen and oxygen atoms in total.